The molecule has 0 aliphatic heterocycles. The third-order valence-corrected chi connectivity index (χ3v) is 7.98. The van der Waals surface area contributed by atoms with Crippen LogP contribution in [0.15, 0.2) is 24.3 Å². The lowest BCUT2D eigenvalue weighted by atomic mass is 9.71. The van der Waals surface area contributed by atoms with Gasteiger partial charge in [-0.1, -0.05) is 135 Å². The van der Waals surface area contributed by atoms with Gasteiger partial charge in [-0.2, -0.15) is 0 Å². The van der Waals surface area contributed by atoms with Crippen LogP contribution in [0.1, 0.15) is 163 Å². The molecule has 0 saturated carbocycles. The van der Waals surface area contributed by atoms with Gasteiger partial charge in [-0.3, -0.25) is 0 Å². The lowest BCUT2D eigenvalue weighted by Crippen LogP contribution is -2.21. The van der Waals surface area contributed by atoms with Gasteiger partial charge < -0.3 is 10.2 Å². The molecule has 0 bridgehead atoms. The minimum atomic E-state index is -0.215. The highest BCUT2D eigenvalue weighted by Crippen LogP contribution is 2.49. The van der Waals surface area contributed by atoms with E-state index < -0.39 is 0 Å². The van der Waals surface area contributed by atoms with Crippen molar-refractivity contribution in [2.75, 3.05) is 0 Å². The molecule has 0 aromatic heterocycles. The van der Waals surface area contributed by atoms with Gasteiger partial charge >= 0.3 is 0 Å². The Morgan fingerprint density at radius 3 is 1.13 bits per heavy atom. The average Bonchev–Trinajstić information content (AvgIpc) is 2.68. The molecule has 39 heavy (non-hydrogen) atoms. The summed E-state index contributed by atoms with van der Waals surface area (Å²) in [6.45, 7) is 35.7. The molecule has 0 aliphatic carbocycles. The highest BCUT2D eigenvalue weighted by atomic mass is 16.3. The van der Waals surface area contributed by atoms with E-state index in [-0.39, 0.29) is 33.0 Å². The first kappa shape index (κ1) is 33.2. The lowest BCUT2D eigenvalue weighted by Gasteiger charge is -2.34. The van der Waals surface area contributed by atoms with Crippen LogP contribution in [-0.2, 0) is 21.7 Å². The Morgan fingerprint density at radius 1 is 0.538 bits per heavy atom. The second kappa shape index (κ2) is 10.8. The summed E-state index contributed by atoms with van der Waals surface area (Å²) in [7, 11) is 0. The van der Waals surface area contributed by atoms with Gasteiger partial charge in [0.25, 0.3) is 0 Å². The maximum Gasteiger partial charge on any atom is 0.123 e. The Labute approximate surface area is 241 Å². The van der Waals surface area contributed by atoms with E-state index in [2.05, 4.69) is 135 Å². The summed E-state index contributed by atoms with van der Waals surface area (Å²) in [6, 6.07) is 8.83. The zero-order chi connectivity index (χ0) is 30.5. The molecule has 0 radical (unpaired) electrons. The van der Waals surface area contributed by atoms with Crippen molar-refractivity contribution in [3.05, 3.63) is 57.6 Å². The zero-order valence-electron chi connectivity index (χ0n) is 28.3. The van der Waals surface area contributed by atoms with Crippen LogP contribution in [0.5, 0.6) is 11.5 Å². The van der Waals surface area contributed by atoms with Gasteiger partial charge in [-0.25, -0.2) is 0 Å². The van der Waals surface area contributed by atoms with Crippen molar-refractivity contribution in [1.29, 1.82) is 0 Å². The molecule has 2 heteroatoms. The second-order valence-corrected chi connectivity index (χ2v) is 17.6. The molecule has 1 unspecified atom stereocenters. The molecule has 220 valence electrons. The third-order valence-electron chi connectivity index (χ3n) is 7.98. The minimum Gasteiger partial charge on any atom is -0.507 e. The molecular formula is C37H60O2. The number of hydrogen-bond acceptors (Lipinski definition) is 2. The fourth-order valence-corrected chi connectivity index (χ4v) is 5.81. The topological polar surface area (TPSA) is 40.5 Å². The maximum atomic E-state index is 12.0. The van der Waals surface area contributed by atoms with Crippen molar-refractivity contribution in [1.82, 2.24) is 0 Å². The first-order valence-corrected chi connectivity index (χ1v) is 15.0. The van der Waals surface area contributed by atoms with E-state index in [1.165, 1.54) is 11.1 Å². The smallest absolute Gasteiger partial charge is 0.123 e. The number of phenolic OH excluding ortho intramolecular Hbond substituents is 2. The summed E-state index contributed by atoms with van der Waals surface area (Å²) < 4.78 is 0. The average molecular weight is 537 g/mol. The first-order valence-electron chi connectivity index (χ1n) is 15.0. The van der Waals surface area contributed by atoms with E-state index >= 15 is 0 Å². The number of phenols is 2. The van der Waals surface area contributed by atoms with Crippen molar-refractivity contribution in [3.63, 3.8) is 0 Å². The molecule has 0 amide bonds. The standard InChI is InChI=1S/C37H60O2/c1-23(22-33(2,3)4)17-26(27-18-24(34(5,6)7)20-29(31(27)38)36(11,12)13)28-19-25(35(8,9)10)21-30(32(28)39)37(14,15)16/h18-21,23,26,38-39H,17,22H2,1-16H3. The van der Waals surface area contributed by atoms with Crippen LogP contribution in [0.2, 0.25) is 0 Å². The molecule has 2 nitrogen and oxygen atoms in total. The minimum absolute atomic E-state index is 0.0735. The largest absolute Gasteiger partial charge is 0.507 e. The van der Waals surface area contributed by atoms with Crippen LogP contribution in [0.4, 0.5) is 0 Å². The molecule has 2 aromatic rings. The van der Waals surface area contributed by atoms with E-state index in [1.807, 2.05) is 0 Å². The molecule has 0 heterocycles. The fourth-order valence-electron chi connectivity index (χ4n) is 5.81. The third kappa shape index (κ3) is 8.27. The molecular weight excluding hydrogens is 476 g/mol. The number of aromatic hydroxyl groups is 2. The quantitative estimate of drug-likeness (QED) is 0.399. The van der Waals surface area contributed by atoms with Crippen molar-refractivity contribution in [3.8, 4) is 11.5 Å². The fraction of sp³-hybridized carbons (Fsp3) is 0.676. The van der Waals surface area contributed by atoms with Gasteiger partial charge in [0.05, 0.1) is 0 Å². The second-order valence-electron chi connectivity index (χ2n) is 17.6. The summed E-state index contributed by atoms with van der Waals surface area (Å²) in [5.41, 5.74) is 5.88. The van der Waals surface area contributed by atoms with Crippen LogP contribution in [0, 0.1) is 11.3 Å². The predicted octanol–water partition coefficient (Wildman–Crippen LogP) is 10.9. The Kier molecular flexibility index (Phi) is 9.20. The summed E-state index contributed by atoms with van der Waals surface area (Å²) in [6.07, 6.45) is 1.92. The maximum absolute atomic E-state index is 12.0. The van der Waals surface area contributed by atoms with Gasteiger partial charge in [0.1, 0.15) is 11.5 Å². The van der Waals surface area contributed by atoms with Crippen molar-refractivity contribution in [2.24, 2.45) is 11.3 Å². The SMILES string of the molecule is CC(CC(c1cc(C(C)(C)C)cc(C(C)(C)C)c1O)c1cc(C(C)(C)C)cc(C(C)(C)C)c1O)CC(C)(C)C. The summed E-state index contributed by atoms with van der Waals surface area (Å²) in [5, 5.41) is 23.9. The van der Waals surface area contributed by atoms with E-state index in [0.29, 0.717) is 17.4 Å². The molecule has 1 atom stereocenters. The van der Waals surface area contributed by atoms with E-state index in [4.69, 9.17) is 0 Å². The van der Waals surface area contributed by atoms with Crippen LogP contribution < -0.4 is 0 Å². The molecule has 2 N–H and O–H groups in total. The van der Waals surface area contributed by atoms with Gasteiger partial charge in [0.2, 0.25) is 0 Å². The first-order chi connectivity index (χ1) is 17.2. The number of hydrogen-bond donors (Lipinski definition) is 2. The molecule has 2 aromatic carbocycles. The molecule has 0 spiro atoms. The van der Waals surface area contributed by atoms with Crippen LogP contribution in [0.25, 0.3) is 0 Å². The molecule has 2 rings (SSSR count). The zero-order valence-corrected chi connectivity index (χ0v) is 28.3. The van der Waals surface area contributed by atoms with E-state index in [1.54, 1.807) is 0 Å². The lowest BCUT2D eigenvalue weighted by molar-refractivity contribution is 0.288. The Bertz CT molecular complexity index is 1070. The van der Waals surface area contributed by atoms with Gasteiger partial charge in [-0.05, 0) is 68.1 Å². The van der Waals surface area contributed by atoms with Crippen molar-refractivity contribution in [2.45, 2.75) is 151 Å². The van der Waals surface area contributed by atoms with Crippen molar-refractivity contribution >= 4 is 0 Å². The number of rotatable bonds is 5. The molecule has 0 fully saturated rings. The highest BCUT2D eigenvalue weighted by molar-refractivity contribution is 5.57. The Hall–Kier alpha value is -1.96. The normalized spacial score (nSPS) is 14.7. The summed E-state index contributed by atoms with van der Waals surface area (Å²) >= 11 is 0. The van der Waals surface area contributed by atoms with Crippen LogP contribution >= 0.6 is 0 Å². The van der Waals surface area contributed by atoms with E-state index in [9.17, 15) is 10.2 Å². The molecule has 0 saturated heterocycles. The van der Waals surface area contributed by atoms with Crippen LogP contribution in [-0.4, -0.2) is 10.2 Å². The summed E-state index contributed by atoms with van der Waals surface area (Å²) in [5.74, 6) is 1.03. The Morgan fingerprint density at radius 2 is 0.872 bits per heavy atom. The molecule has 0 aliphatic rings. The van der Waals surface area contributed by atoms with Gasteiger partial charge in [0.15, 0.2) is 0 Å². The number of benzene rings is 2. The van der Waals surface area contributed by atoms with Gasteiger partial charge in [-0.15, -0.1) is 0 Å². The predicted molar refractivity (Wildman–Crippen MR) is 171 cm³/mol. The van der Waals surface area contributed by atoms with Crippen molar-refractivity contribution < 1.29 is 10.2 Å². The highest BCUT2D eigenvalue weighted by Gasteiger charge is 2.34. The van der Waals surface area contributed by atoms with E-state index in [0.717, 1.165) is 35.1 Å². The summed E-state index contributed by atoms with van der Waals surface area (Å²) in [4.78, 5) is 0. The monoisotopic (exact) mass is 536 g/mol. The van der Waals surface area contributed by atoms with Gasteiger partial charge in [0, 0.05) is 17.0 Å². The Balaban J connectivity index is 3.05. The van der Waals surface area contributed by atoms with Crippen LogP contribution in [0.3, 0.4) is 0 Å².